The fourth-order valence-corrected chi connectivity index (χ4v) is 3.46. The fraction of sp³-hybridized carbons (Fsp3) is 0.333. The Morgan fingerprint density at radius 2 is 2.05 bits per heavy atom. The first kappa shape index (κ1) is 15.6. The number of H-pyrrole nitrogens is 1. The van der Waals surface area contributed by atoms with E-state index >= 15 is 0 Å². The zero-order valence-electron chi connectivity index (χ0n) is 11.0. The number of aromatic amines is 1. The number of halogens is 3. The Labute approximate surface area is 119 Å². The van der Waals surface area contributed by atoms with Crippen LogP contribution in [0.25, 0.3) is 10.9 Å². The van der Waals surface area contributed by atoms with Crippen LogP contribution in [-0.2, 0) is 10.0 Å². The molecule has 5 nitrogen and oxygen atoms in total. The summed E-state index contributed by atoms with van der Waals surface area (Å²) in [6.07, 6.45) is -4.45. The van der Waals surface area contributed by atoms with Crippen molar-refractivity contribution in [3.8, 4) is 0 Å². The van der Waals surface area contributed by atoms with Crippen molar-refractivity contribution in [2.75, 3.05) is 5.73 Å². The molecule has 0 radical (unpaired) electrons. The van der Waals surface area contributed by atoms with Gasteiger partial charge in [0, 0.05) is 28.8 Å². The van der Waals surface area contributed by atoms with Crippen LogP contribution in [0.1, 0.15) is 13.3 Å². The van der Waals surface area contributed by atoms with Gasteiger partial charge >= 0.3 is 6.18 Å². The number of sulfonamides is 1. The minimum Gasteiger partial charge on any atom is -0.399 e. The van der Waals surface area contributed by atoms with Crippen molar-refractivity contribution < 1.29 is 21.6 Å². The van der Waals surface area contributed by atoms with E-state index < -0.39 is 28.7 Å². The van der Waals surface area contributed by atoms with Crippen molar-refractivity contribution in [3.63, 3.8) is 0 Å². The average molecular weight is 321 g/mol. The van der Waals surface area contributed by atoms with Gasteiger partial charge in [-0.2, -0.15) is 13.2 Å². The molecule has 0 aliphatic rings. The van der Waals surface area contributed by atoms with Gasteiger partial charge in [-0.05, 0) is 25.1 Å². The molecule has 1 heterocycles. The van der Waals surface area contributed by atoms with E-state index in [1.807, 2.05) is 4.72 Å². The molecule has 116 valence electrons. The monoisotopic (exact) mass is 321 g/mol. The minimum absolute atomic E-state index is 0.126. The van der Waals surface area contributed by atoms with Gasteiger partial charge in [0.1, 0.15) is 4.90 Å². The lowest BCUT2D eigenvalue weighted by atomic mass is 10.2. The summed E-state index contributed by atoms with van der Waals surface area (Å²) in [5.74, 6) is 0. The van der Waals surface area contributed by atoms with Crippen molar-refractivity contribution in [1.29, 1.82) is 0 Å². The van der Waals surface area contributed by atoms with E-state index in [0.29, 0.717) is 16.6 Å². The van der Waals surface area contributed by atoms with Crippen molar-refractivity contribution in [2.45, 2.75) is 30.5 Å². The third kappa shape index (κ3) is 3.67. The van der Waals surface area contributed by atoms with Crippen molar-refractivity contribution in [1.82, 2.24) is 9.71 Å². The molecule has 2 rings (SSSR count). The summed E-state index contributed by atoms with van der Waals surface area (Å²) in [5.41, 5.74) is 6.50. The third-order valence-electron chi connectivity index (χ3n) is 2.85. The normalized spacial score (nSPS) is 14.5. The Balaban J connectivity index is 2.32. The minimum atomic E-state index is -4.44. The maximum atomic E-state index is 12.3. The fourth-order valence-electron chi connectivity index (χ4n) is 2.05. The van der Waals surface area contributed by atoms with E-state index in [0.717, 1.165) is 6.92 Å². The Morgan fingerprint density at radius 3 is 2.67 bits per heavy atom. The second kappa shape index (κ2) is 5.23. The summed E-state index contributed by atoms with van der Waals surface area (Å²) in [6, 6.07) is 3.38. The van der Waals surface area contributed by atoms with Gasteiger partial charge < -0.3 is 10.7 Å². The van der Waals surface area contributed by atoms with E-state index in [4.69, 9.17) is 5.73 Å². The number of benzene rings is 1. The van der Waals surface area contributed by atoms with Crippen LogP contribution >= 0.6 is 0 Å². The molecule has 21 heavy (non-hydrogen) atoms. The molecular weight excluding hydrogens is 307 g/mol. The summed E-state index contributed by atoms with van der Waals surface area (Å²) in [4.78, 5) is 2.62. The Bertz CT molecular complexity index is 753. The van der Waals surface area contributed by atoms with E-state index in [1.54, 1.807) is 12.1 Å². The second-order valence-electron chi connectivity index (χ2n) is 4.80. The van der Waals surface area contributed by atoms with Gasteiger partial charge in [-0.1, -0.05) is 0 Å². The molecule has 4 N–H and O–H groups in total. The number of hydrogen-bond donors (Lipinski definition) is 3. The molecule has 1 unspecified atom stereocenters. The number of rotatable bonds is 4. The molecule has 0 saturated heterocycles. The number of fused-ring (bicyclic) bond motifs is 1. The summed E-state index contributed by atoms with van der Waals surface area (Å²) in [6.45, 7) is 1.16. The zero-order chi connectivity index (χ0) is 15.8. The summed E-state index contributed by atoms with van der Waals surface area (Å²) in [5, 5.41) is 0.335. The standard InChI is InChI=1S/C12H14F3N3O2S/c1-7(5-12(13,14)15)18-21(19,20)11-6-17-10-3-2-8(16)4-9(10)11/h2-4,6-7,17-18H,5,16H2,1H3. The molecule has 1 aromatic heterocycles. The predicted octanol–water partition coefficient (Wildman–Crippen LogP) is 2.37. The molecule has 0 spiro atoms. The van der Waals surface area contributed by atoms with E-state index in [-0.39, 0.29) is 4.90 Å². The van der Waals surface area contributed by atoms with Crippen LogP contribution in [0.4, 0.5) is 18.9 Å². The summed E-state index contributed by atoms with van der Waals surface area (Å²) < 4.78 is 63.2. The number of aromatic nitrogens is 1. The Hall–Kier alpha value is -1.74. The lowest BCUT2D eigenvalue weighted by molar-refractivity contribution is -0.137. The predicted molar refractivity (Wildman–Crippen MR) is 73.2 cm³/mol. The van der Waals surface area contributed by atoms with Crippen molar-refractivity contribution in [2.24, 2.45) is 0 Å². The lowest BCUT2D eigenvalue weighted by Crippen LogP contribution is -2.35. The maximum Gasteiger partial charge on any atom is 0.390 e. The van der Waals surface area contributed by atoms with Crippen LogP contribution in [0.3, 0.4) is 0 Å². The van der Waals surface area contributed by atoms with E-state index in [1.165, 1.54) is 12.3 Å². The number of alkyl halides is 3. The highest BCUT2D eigenvalue weighted by Gasteiger charge is 2.32. The third-order valence-corrected chi connectivity index (χ3v) is 4.48. The number of anilines is 1. The highest BCUT2D eigenvalue weighted by atomic mass is 32.2. The first-order valence-corrected chi connectivity index (χ1v) is 7.52. The second-order valence-corrected chi connectivity index (χ2v) is 6.48. The van der Waals surface area contributed by atoms with Gasteiger partial charge in [0.15, 0.2) is 0 Å². The maximum absolute atomic E-state index is 12.3. The highest BCUT2D eigenvalue weighted by molar-refractivity contribution is 7.89. The molecule has 0 amide bonds. The van der Waals surface area contributed by atoms with E-state index in [2.05, 4.69) is 4.98 Å². The number of nitrogens with one attached hydrogen (secondary N) is 2. The smallest absolute Gasteiger partial charge is 0.390 e. The van der Waals surface area contributed by atoms with E-state index in [9.17, 15) is 21.6 Å². The van der Waals surface area contributed by atoms with Gasteiger partial charge in [-0.25, -0.2) is 13.1 Å². The van der Waals surface area contributed by atoms with Gasteiger partial charge in [-0.15, -0.1) is 0 Å². The zero-order valence-corrected chi connectivity index (χ0v) is 11.8. The molecule has 0 aliphatic heterocycles. The summed E-state index contributed by atoms with van der Waals surface area (Å²) >= 11 is 0. The van der Waals surface area contributed by atoms with Crippen LogP contribution < -0.4 is 10.5 Å². The first-order chi connectivity index (χ1) is 9.58. The number of hydrogen-bond acceptors (Lipinski definition) is 3. The molecule has 9 heteroatoms. The van der Waals surface area contributed by atoms with Crippen molar-refractivity contribution in [3.05, 3.63) is 24.4 Å². The molecule has 0 bridgehead atoms. The SMILES string of the molecule is CC(CC(F)(F)F)NS(=O)(=O)c1c[nH]c2ccc(N)cc12. The van der Waals surface area contributed by atoms with Crippen LogP contribution in [0.2, 0.25) is 0 Å². The van der Waals surface area contributed by atoms with Gasteiger partial charge in [0.25, 0.3) is 0 Å². The quantitative estimate of drug-likeness (QED) is 0.755. The Kier molecular flexibility index (Phi) is 3.89. The van der Waals surface area contributed by atoms with Gasteiger partial charge in [-0.3, -0.25) is 0 Å². The largest absolute Gasteiger partial charge is 0.399 e. The molecule has 0 saturated carbocycles. The molecule has 1 atom stereocenters. The average Bonchev–Trinajstić information content (AvgIpc) is 2.68. The molecule has 1 aromatic carbocycles. The lowest BCUT2D eigenvalue weighted by Gasteiger charge is -2.15. The van der Waals surface area contributed by atoms with Crippen LogP contribution in [-0.4, -0.2) is 25.6 Å². The first-order valence-electron chi connectivity index (χ1n) is 6.04. The summed E-state index contributed by atoms with van der Waals surface area (Å²) in [7, 11) is -4.07. The number of nitrogen functional groups attached to an aromatic ring is 1. The topological polar surface area (TPSA) is 88.0 Å². The van der Waals surface area contributed by atoms with Crippen LogP contribution in [0.15, 0.2) is 29.3 Å². The Morgan fingerprint density at radius 1 is 1.38 bits per heavy atom. The molecule has 0 aliphatic carbocycles. The molecule has 0 fully saturated rings. The molecule has 2 aromatic rings. The van der Waals surface area contributed by atoms with Crippen molar-refractivity contribution >= 4 is 26.6 Å². The highest BCUT2D eigenvalue weighted by Crippen LogP contribution is 2.26. The van der Waals surface area contributed by atoms with Gasteiger partial charge in [0.2, 0.25) is 10.0 Å². The van der Waals surface area contributed by atoms with Crippen LogP contribution in [0.5, 0.6) is 0 Å². The molecular formula is C12H14F3N3O2S. The van der Waals surface area contributed by atoms with Gasteiger partial charge in [0.05, 0.1) is 6.42 Å². The van der Waals surface area contributed by atoms with Crippen LogP contribution in [0, 0.1) is 0 Å². The number of nitrogens with two attached hydrogens (primary N) is 1.